The minimum atomic E-state index is 0.997. The fraction of sp³-hybridized carbons (Fsp3) is 0.318. The molecule has 4 nitrogen and oxygen atoms in total. The Labute approximate surface area is 169 Å². The second kappa shape index (κ2) is 8.72. The van der Waals surface area contributed by atoms with Crippen molar-refractivity contribution in [2.45, 2.75) is 19.3 Å². The zero-order chi connectivity index (χ0) is 18.5. The molecule has 0 unspecified atom stereocenters. The smallest absolute Gasteiger partial charge is 0.0724 e. The fourth-order valence-electron chi connectivity index (χ4n) is 3.63. The quantitative estimate of drug-likeness (QED) is 0.481. The molecule has 140 valence electrons. The minimum absolute atomic E-state index is 0.997. The van der Waals surface area contributed by atoms with E-state index in [0.29, 0.717) is 0 Å². The van der Waals surface area contributed by atoms with E-state index in [1.807, 2.05) is 24.4 Å². The van der Waals surface area contributed by atoms with Gasteiger partial charge in [0.15, 0.2) is 0 Å². The molecule has 1 saturated heterocycles. The van der Waals surface area contributed by atoms with Crippen molar-refractivity contribution in [1.82, 2.24) is 9.88 Å². The second-order valence-electron chi connectivity index (χ2n) is 7.05. The Hall–Kier alpha value is -2.11. The van der Waals surface area contributed by atoms with Crippen LogP contribution in [0.15, 0.2) is 59.2 Å². The highest BCUT2D eigenvalue weighted by molar-refractivity contribution is 9.10. The van der Waals surface area contributed by atoms with Crippen LogP contribution in [0.3, 0.4) is 0 Å². The number of anilines is 3. The Bertz CT molecular complexity index is 906. The zero-order valence-corrected chi connectivity index (χ0v) is 17.0. The molecule has 0 radical (unpaired) electrons. The van der Waals surface area contributed by atoms with Crippen LogP contribution in [0.1, 0.15) is 19.3 Å². The summed E-state index contributed by atoms with van der Waals surface area (Å²) in [5.74, 6) is 0. The van der Waals surface area contributed by atoms with Crippen LogP contribution in [0.2, 0.25) is 0 Å². The summed E-state index contributed by atoms with van der Waals surface area (Å²) in [6.45, 7) is 4.73. The summed E-state index contributed by atoms with van der Waals surface area (Å²) in [6.07, 6.45) is 5.75. The number of hydrogen-bond donors (Lipinski definition) is 2. The number of pyridine rings is 1. The van der Waals surface area contributed by atoms with Gasteiger partial charge in [0.2, 0.25) is 0 Å². The molecule has 2 aromatic carbocycles. The number of nitrogens with zero attached hydrogens (tertiary/aromatic N) is 2. The lowest BCUT2D eigenvalue weighted by Crippen LogP contribution is -2.22. The molecule has 5 heteroatoms. The number of halogens is 1. The lowest BCUT2D eigenvalue weighted by Gasteiger charge is -2.15. The highest BCUT2D eigenvalue weighted by atomic mass is 79.9. The molecule has 0 saturated carbocycles. The second-order valence-corrected chi connectivity index (χ2v) is 7.97. The van der Waals surface area contributed by atoms with E-state index in [4.69, 9.17) is 0 Å². The zero-order valence-electron chi connectivity index (χ0n) is 15.4. The number of hydrogen-bond acceptors (Lipinski definition) is 4. The third-order valence-corrected chi connectivity index (χ3v) is 5.52. The first kappa shape index (κ1) is 18.3. The fourth-order valence-corrected chi connectivity index (χ4v) is 4.03. The monoisotopic (exact) mass is 424 g/mol. The average molecular weight is 425 g/mol. The lowest BCUT2D eigenvalue weighted by molar-refractivity contribution is 0.337. The molecule has 0 bridgehead atoms. The van der Waals surface area contributed by atoms with Crippen LogP contribution in [0.4, 0.5) is 17.1 Å². The van der Waals surface area contributed by atoms with Gasteiger partial charge in [-0.15, -0.1) is 0 Å². The first-order chi connectivity index (χ1) is 13.3. The molecule has 0 amide bonds. The lowest BCUT2D eigenvalue weighted by atomic mass is 10.1. The van der Waals surface area contributed by atoms with Crippen molar-refractivity contribution in [2.75, 3.05) is 36.8 Å². The van der Waals surface area contributed by atoms with Crippen LogP contribution in [0.25, 0.3) is 10.9 Å². The third-order valence-electron chi connectivity index (χ3n) is 5.02. The first-order valence-corrected chi connectivity index (χ1v) is 10.4. The standard InChI is InChI=1S/C22H25BrN4/c23-17-5-3-6-19(15-17)26-22-9-11-25-21-8-7-18(16-20(21)22)24-10-4-14-27-12-1-2-13-27/h3,5-9,11,15-16,24H,1-2,4,10,12-14H2,(H,25,26). The number of aromatic nitrogens is 1. The van der Waals surface area contributed by atoms with Crippen LogP contribution in [0, 0.1) is 0 Å². The van der Waals surface area contributed by atoms with E-state index in [1.54, 1.807) is 0 Å². The van der Waals surface area contributed by atoms with Gasteiger partial charge < -0.3 is 15.5 Å². The van der Waals surface area contributed by atoms with E-state index >= 15 is 0 Å². The maximum atomic E-state index is 4.51. The van der Waals surface area contributed by atoms with Gasteiger partial charge in [0.05, 0.1) is 5.52 Å². The first-order valence-electron chi connectivity index (χ1n) is 9.65. The molecule has 2 heterocycles. The number of nitrogens with one attached hydrogen (secondary N) is 2. The van der Waals surface area contributed by atoms with Crippen LogP contribution in [0.5, 0.6) is 0 Å². The maximum Gasteiger partial charge on any atom is 0.0724 e. The molecule has 3 aromatic rings. The maximum absolute atomic E-state index is 4.51. The highest BCUT2D eigenvalue weighted by Crippen LogP contribution is 2.28. The van der Waals surface area contributed by atoms with Gasteiger partial charge in [-0.3, -0.25) is 4.98 Å². The molecule has 0 aliphatic carbocycles. The summed E-state index contributed by atoms with van der Waals surface area (Å²) in [5.41, 5.74) is 4.27. The molecule has 1 aromatic heterocycles. The van der Waals surface area contributed by atoms with Gasteiger partial charge in [-0.25, -0.2) is 0 Å². The average Bonchev–Trinajstić information content (AvgIpc) is 3.19. The summed E-state index contributed by atoms with van der Waals surface area (Å²) in [4.78, 5) is 7.07. The minimum Gasteiger partial charge on any atom is -0.385 e. The van der Waals surface area contributed by atoms with Gasteiger partial charge in [0.1, 0.15) is 0 Å². The normalized spacial score (nSPS) is 14.6. The van der Waals surface area contributed by atoms with E-state index in [0.717, 1.165) is 39.0 Å². The molecule has 1 aliphatic rings. The highest BCUT2D eigenvalue weighted by Gasteiger charge is 2.10. The summed E-state index contributed by atoms with van der Waals surface area (Å²) in [7, 11) is 0. The van der Waals surface area contributed by atoms with Gasteiger partial charge in [0, 0.05) is 39.7 Å². The molecule has 0 spiro atoms. The van der Waals surface area contributed by atoms with Crippen molar-refractivity contribution in [3.8, 4) is 0 Å². The molecule has 27 heavy (non-hydrogen) atoms. The molecule has 2 N–H and O–H groups in total. The van der Waals surface area contributed by atoms with Crippen molar-refractivity contribution in [3.63, 3.8) is 0 Å². The van der Waals surface area contributed by atoms with E-state index in [2.05, 4.69) is 66.8 Å². The largest absolute Gasteiger partial charge is 0.385 e. The topological polar surface area (TPSA) is 40.2 Å². The van der Waals surface area contributed by atoms with Crippen molar-refractivity contribution < 1.29 is 0 Å². The van der Waals surface area contributed by atoms with E-state index in [1.165, 1.54) is 38.9 Å². The Morgan fingerprint density at radius 2 is 1.89 bits per heavy atom. The van der Waals surface area contributed by atoms with Crippen molar-refractivity contribution >= 4 is 43.9 Å². The molecule has 4 rings (SSSR count). The van der Waals surface area contributed by atoms with Gasteiger partial charge in [0.25, 0.3) is 0 Å². The SMILES string of the molecule is Brc1cccc(Nc2ccnc3ccc(NCCCN4CCCC4)cc23)c1. The summed E-state index contributed by atoms with van der Waals surface area (Å²) in [5, 5.41) is 8.21. The van der Waals surface area contributed by atoms with Crippen molar-refractivity contribution in [3.05, 3.63) is 59.2 Å². The third kappa shape index (κ3) is 4.79. The Kier molecular flexibility index (Phi) is 5.90. The number of benzene rings is 2. The molecular formula is C22H25BrN4. The molecular weight excluding hydrogens is 400 g/mol. The molecule has 1 aliphatic heterocycles. The van der Waals surface area contributed by atoms with Gasteiger partial charge >= 0.3 is 0 Å². The number of rotatable bonds is 7. The Morgan fingerprint density at radius 1 is 1.00 bits per heavy atom. The van der Waals surface area contributed by atoms with Crippen LogP contribution in [-0.4, -0.2) is 36.1 Å². The predicted molar refractivity (Wildman–Crippen MR) is 118 cm³/mol. The van der Waals surface area contributed by atoms with Gasteiger partial charge in [-0.2, -0.15) is 0 Å². The predicted octanol–water partition coefficient (Wildman–Crippen LogP) is 5.64. The Morgan fingerprint density at radius 3 is 2.74 bits per heavy atom. The summed E-state index contributed by atoms with van der Waals surface area (Å²) < 4.78 is 1.06. The number of likely N-dealkylation sites (tertiary alicyclic amines) is 1. The Balaban J connectivity index is 1.45. The van der Waals surface area contributed by atoms with Crippen LogP contribution >= 0.6 is 15.9 Å². The van der Waals surface area contributed by atoms with Crippen molar-refractivity contribution in [2.24, 2.45) is 0 Å². The van der Waals surface area contributed by atoms with Crippen molar-refractivity contribution in [1.29, 1.82) is 0 Å². The molecule has 0 atom stereocenters. The molecule has 1 fully saturated rings. The number of fused-ring (bicyclic) bond motifs is 1. The summed E-state index contributed by atoms with van der Waals surface area (Å²) >= 11 is 3.53. The van der Waals surface area contributed by atoms with Gasteiger partial charge in [-0.05, 0) is 81.4 Å². The van der Waals surface area contributed by atoms with Crippen LogP contribution < -0.4 is 10.6 Å². The van der Waals surface area contributed by atoms with E-state index < -0.39 is 0 Å². The summed E-state index contributed by atoms with van der Waals surface area (Å²) in [6, 6.07) is 16.6. The van der Waals surface area contributed by atoms with E-state index in [9.17, 15) is 0 Å². The van der Waals surface area contributed by atoms with Gasteiger partial charge in [-0.1, -0.05) is 22.0 Å². The van der Waals surface area contributed by atoms with Crippen LogP contribution in [-0.2, 0) is 0 Å². The van der Waals surface area contributed by atoms with E-state index in [-0.39, 0.29) is 0 Å².